The van der Waals surface area contributed by atoms with Gasteiger partial charge in [-0.2, -0.15) is 13.2 Å². The number of fused-ring (bicyclic) bond motifs is 1. The lowest BCUT2D eigenvalue weighted by atomic mass is 10.0. The Morgan fingerprint density at radius 3 is 2.76 bits per heavy atom. The minimum atomic E-state index is -4.55. The minimum absolute atomic E-state index is 0.275. The molecule has 2 heterocycles. The van der Waals surface area contributed by atoms with Crippen molar-refractivity contribution in [1.29, 1.82) is 0 Å². The quantitative estimate of drug-likeness (QED) is 0.722. The highest BCUT2D eigenvalue weighted by Gasteiger charge is 2.33. The van der Waals surface area contributed by atoms with Crippen LogP contribution in [0.5, 0.6) is 0 Å². The Hall–Kier alpha value is -1.86. The SMILES string of the molecule is O=c1[nH]cnc2scc(-c3ccc(Cl)c(C(F)(F)F)c3)c12. The molecule has 8 heteroatoms. The van der Waals surface area contributed by atoms with Gasteiger partial charge in [-0.25, -0.2) is 4.98 Å². The zero-order valence-electron chi connectivity index (χ0n) is 10.2. The van der Waals surface area contributed by atoms with E-state index in [1.807, 2.05) is 0 Å². The molecule has 2 aromatic heterocycles. The Balaban J connectivity index is 2.27. The fourth-order valence-electron chi connectivity index (χ4n) is 2.01. The third kappa shape index (κ3) is 2.43. The Morgan fingerprint density at radius 2 is 2.05 bits per heavy atom. The summed E-state index contributed by atoms with van der Waals surface area (Å²) < 4.78 is 38.7. The number of H-pyrrole nitrogens is 1. The molecule has 0 fully saturated rings. The van der Waals surface area contributed by atoms with E-state index in [1.165, 1.54) is 29.8 Å². The van der Waals surface area contributed by atoms with E-state index < -0.39 is 11.7 Å². The predicted molar refractivity (Wildman–Crippen MR) is 75.7 cm³/mol. The van der Waals surface area contributed by atoms with Crippen LogP contribution in [-0.4, -0.2) is 9.97 Å². The summed E-state index contributed by atoms with van der Waals surface area (Å²) in [6, 6.07) is 3.57. The molecule has 0 spiro atoms. The second kappa shape index (κ2) is 4.85. The number of nitrogens with zero attached hydrogens (tertiary/aromatic N) is 1. The average molecular weight is 331 g/mol. The highest BCUT2D eigenvalue weighted by atomic mass is 35.5. The summed E-state index contributed by atoms with van der Waals surface area (Å²) >= 11 is 6.79. The predicted octanol–water partition coefficient (Wildman–Crippen LogP) is 4.32. The molecule has 0 saturated carbocycles. The van der Waals surface area contributed by atoms with E-state index in [4.69, 9.17) is 11.6 Å². The molecule has 1 N–H and O–H groups in total. The molecule has 3 nitrogen and oxygen atoms in total. The molecule has 0 aliphatic rings. The second-order valence-corrected chi connectivity index (χ2v) is 5.52. The average Bonchev–Trinajstić information content (AvgIpc) is 2.83. The topological polar surface area (TPSA) is 45.8 Å². The van der Waals surface area contributed by atoms with Crippen molar-refractivity contribution >= 4 is 33.2 Å². The highest BCUT2D eigenvalue weighted by molar-refractivity contribution is 7.17. The number of rotatable bonds is 1. The third-order valence-corrected chi connectivity index (χ3v) is 4.17. The van der Waals surface area contributed by atoms with Crippen LogP contribution >= 0.6 is 22.9 Å². The van der Waals surface area contributed by atoms with Gasteiger partial charge in [0.15, 0.2) is 0 Å². The first kappa shape index (κ1) is 14.1. The van der Waals surface area contributed by atoms with Crippen LogP contribution in [0, 0.1) is 0 Å². The lowest BCUT2D eigenvalue weighted by Crippen LogP contribution is -2.07. The number of hydrogen-bond donors (Lipinski definition) is 1. The Labute approximate surface area is 125 Å². The molecule has 3 rings (SSSR count). The number of aromatic amines is 1. The molecule has 0 saturated heterocycles. The molecule has 0 amide bonds. The van der Waals surface area contributed by atoms with Crippen molar-refractivity contribution < 1.29 is 13.2 Å². The maximum Gasteiger partial charge on any atom is 0.417 e. The van der Waals surface area contributed by atoms with Gasteiger partial charge in [0.05, 0.1) is 22.3 Å². The van der Waals surface area contributed by atoms with Crippen molar-refractivity contribution in [1.82, 2.24) is 9.97 Å². The lowest BCUT2D eigenvalue weighted by Gasteiger charge is -2.10. The normalized spacial score (nSPS) is 12.0. The van der Waals surface area contributed by atoms with E-state index in [9.17, 15) is 18.0 Å². The number of hydrogen-bond acceptors (Lipinski definition) is 3. The van der Waals surface area contributed by atoms with Crippen molar-refractivity contribution in [2.45, 2.75) is 6.18 Å². The summed E-state index contributed by atoms with van der Waals surface area (Å²) in [7, 11) is 0. The number of nitrogens with one attached hydrogen (secondary N) is 1. The Bertz CT molecular complexity index is 885. The van der Waals surface area contributed by atoms with Gasteiger partial charge in [-0.15, -0.1) is 11.3 Å². The number of alkyl halides is 3. The maximum absolute atomic E-state index is 12.9. The van der Waals surface area contributed by atoms with Crippen molar-refractivity contribution in [3.8, 4) is 11.1 Å². The number of aromatic nitrogens is 2. The van der Waals surface area contributed by atoms with E-state index in [0.717, 1.165) is 6.07 Å². The summed E-state index contributed by atoms with van der Waals surface area (Å²) in [6.07, 6.45) is -3.29. The van der Waals surface area contributed by atoms with Crippen LogP contribution in [0.1, 0.15) is 5.56 Å². The minimum Gasteiger partial charge on any atom is -0.313 e. The zero-order chi connectivity index (χ0) is 15.2. The highest BCUT2D eigenvalue weighted by Crippen LogP contribution is 2.39. The van der Waals surface area contributed by atoms with Crippen LogP contribution < -0.4 is 5.56 Å². The van der Waals surface area contributed by atoms with Gasteiger partial charge in [0.2, 0.25) is 0 Å². The van der Waals surface area contributed by atoms with Gasteiger partial charge in [-0.1, -0.05) is 17.7 Å². The Kier molecular flexibility index (Phi) is 3.26. The second-order valence-electron chi connectivity index (χ2n) is 4.25. The summed E-state index contributed by atoms with van der Waals surface area (Å²) in [6.45, 7) is 0. The molecule has 3 aromatic rings. The molecule has 0 aliphatic carbocycles. The van der Waals surface area contributed by atoms with Crippen LogP contribution in [0.4, 0.5) is 13.2 Å². The third-order valence-electron chi connectivity index (χ3n) is 2.96. The van der Waals surface area contributed by atoms with Crippen molar-refractivity contribution in [2.75, 3.05) is 0 Å². The first-order valence-corrected chi connectivity index (χ1v) is 6.95. The summed E-state index contributed by atoms with van der Waals surface area (Å²) in [5.41, 5.74) is -0.635. The van der Waals surface area contributed by atoms with E-state index in [1.54, 1.807) is 5.38 Å². The summed E-state index contributed by atoms with van der Waals surface area (Å²) in [5.74, 6) is 0. The van der Waals surface area contributed by atoms with Gasteiger partial charge in [0.1, 0.15) is 4.83 Å². The van der Waals surface area contributed by atoms with Gasteiger partial charge < -0.3 is 4.98 Å². The molecular weight excluding hydrogens is 325 g/mol. The number of halogens is 4. The van der Waals surface area contributed by atoms with Crippen molar-refractivity contribution in [2.24, 2.45) is 0 Å². The van der Waals surface area contributed by atoms with Gasteiger partial charge in [0, 0.05) is 10.9 Å². The fourth-order valence-corrected chi connectivity index (χ4v) is 3.15. The summed E-state index contributed by atoms with van der Waals surface area (Å²) in [5, 5.41) is 1.51. The maximum atomic E-state index is 12.9. The number of thiophene rings is 1. The first-order valence-electron chi connectivity index (χ1n) is 5.70. The van der Waals surface area contributed by atoms with E-state index in [2.05, 4.69) is 9.97 Å². The van der Waals surface area contributed by atoms with Crippen LogP contribution in [0.2, 0.25) is 5.02 Å². The number of benzene rings is 1. The molecule has 108 valence electrons. The van der Waals surface area contributed by atoms with Crippen LogP contribution in [0.3, 0.4) is 0 Å². The molecule has 1 aromatic carbocycles. The lowest BCUT2D eigenvalue weighted by molar-refractivity contribution is -0.137. The summed E-state index contributed by atoms with van der Waals surface area (Å²) in [4.78, 5) is 18.7. The van der Waals surface area contributed by atoms with E-state index in [-0.39, 0.29) is 21.5 Å². The molecule has 0 radical (unpaired) electrons. The standard InChI is InChI=1S/C13H6ClF3N2OS/c14-9-2-1-6(3-8(9)13(15,16)17)7-4-21-12-10(7)11(20)18-5-19-12/h1-5H,(H,18,19,20). The van der Waals surface area contributed by atoms with Gasteiger partial charge in [-0.05, 0) is 17.7 Å². The first-order chi connectivity index (χ1) is 9.88. The molecule has 0 bridgehead atoms. The molecular formula is C13H6ClF3N2OS. The smallest absolute Gasteiger partial charge is 0.313 e. The zero-order valence-corrected chi connectivity index (χ0v) is 11.7. The van der Waals surface area contributed by atoms with Crippen molar-refractivity contribution in [3.63, 3.8) is 0 Å². The monoisotopic (exact) mass is 330 g/mol. The van der Waals surface area contributed by atoms with E-state index >= 15 is 0 Å². The van der Waals surface area contributed by atoms with E-state index in [0.29, 0.717) is 10.4 Å². The Morgan fingerprint density at radius 1 is 1.29 bits per heavy atom. The van der Waals surface area contributed by atoms with Crippen LogP contribution in [-0.2, 0) is 6.18 Å². The molecule has 0 aliphatic heterocycles. The van der Waals surface area contributed by atoms with Crippen molar-refractivity contribution in [3.05, 3.63) is 50.8 Å². The van der Waals surface area contributed by atoms with Gasteiger partial charge in [0.25, 0.3) is 5.56 Å². The van der Waals surface area contributed by atoms with Gasteiger partial charge >= 0.3 is 6.18 Å². The van der Waals surface area contributed by atoms with Crippen LogP contribution in [0.15, 0.2) is 34.7 Å². The molecule has 0 unspecified atom stereocenters. The fraction of sp³-hybridized carbons (Fsp3) is 0.0769. The van der Waals surface area contributed by atoms with Gasteiger partial charge in [-0.3, -0.25) is 4.79 Å². The largest absolute Gasteiger partial charge is 0.417 e. The molecule has 21 heavy (non-hydrogen) atoms. The molecule has 0 atom stereocenters. The van der Waals surface area contributed by atoms with Crippen LogP contribution in [0.25, 0.3) is 21.3 Å².